The molecule has 1 aliphatic rings. The van der Waals surface area contributed by atoms with Gasteiger partial charge in [-0.1, -0.05) is 0 Å². The summed E-state index contributed by atoms with van der Waals surface area (Å²) >= 11 is 0. The predicted octanol–water partition coefficient (Wildman–Crippen LogP) is 4.59. The summed E-state index contributed by atoms with van der Waals surface area (Å²) in [6.07, 6.45) is -1.78. The van der Waals surface area contributed by atoms with Gasteiger partial charge in [-0.2, -0.15) is 0 Å². The van der Waals surface area contributed by atoms with E-state index < -0.39 is 12.3 Å². The van der Waals surface area contributed by atoms with Gasteiger partial charge in [0, 0.05) is 23.9 Å². The lowest BCUT2D eigenvalue weighted by Gasteiger charge is -2.15. The summed E-state index contributed by atoms with van der Waals surface area (Å²) in [6, 6.07) is 8.45. The van der Waals surface area contributed by atoms with Gasteiger partial charge < -0.3 is 20.1 Å². The van der Waals surface area contributed by atoms with Crippen LogP contribution in [0.5, 0.6) is 11.5 Å². The maximum absolute atomic E-state index is 12.5. The molecule has 0 bridgehead atoms. The van der Waals surface area contributed by atoms with Crippen LogP contribution in [0, 0.1) is 0 Å². The molecular formula is C19H19F3N2O3. The zero-order valence-corrected chi connectivity index (χ0v) is 14.7. The van der Waals surface area contributed by atoms with E-state index in [-0.39, 0.29) is 11.3 Å². The number of hydrogen-bond donors (Lipinski definition) is 2. The molecule has 0 spiro atoms. The van der Waals surface area contributed by atoms with E-state index in [1.807, 2.05) is 12.1 Å². The number of rotatable bonds is 4. The van der Waals surface area contributed by atoms with Crippen LogP contribution < -0.4 is 20.1 Å². The topological polar surface area (TPSA) is 59.6 Å². The molecule has 144 valence electrons. The number of carbonyl (C=O) groups is 1. The van der Waals surface area contributed by atoms with E-state index in [4.69, 9.17) is 4.74 Å². The van der Waals surface area contributed by atoms with E-state index in [1.165, 1.54) is 19.2 Å². The standard InChI is InChI=1S/C19H19F3N2O3/c1-26-17-11-15-13(4-2-3-9-23-15)10-16(17)24-18(25)12-5-7-14(8-6-12)27-19(20,21)22/h5-8,10-11,23H,2-4,9H2,1H3,(H,24,25). The van der Waals surface area contributed by atoms with Crippen LogP contribution in [0.2, 0.25) is 0 Å². The Bertz CT molecular complexity index is 820. The quantitative estimate of drug-likeness (QED) is 0.814. The molecule has 0 aromatic heterocycles. The highest BCUT2D eigenvalue weighted by atomic mass is 19.4. The Kier molecular flexibility index (Phi) is 5.43. The Balaban J connectivity index is 1.78. The molecule has 3 rings (SSSR count). The normalized spacial score (nSPS) is 13.8. The van der Waals surface area contributed by atoms with E-state index >= 15 is 0 Å². The fourth-order valence-electron chi connectivity index (χ4n) is 2.93. The van der Waals surface area contributed by atoms with Crippen molar-refractivity contribution in [1.29, 1.82) is 0 Å². The maximum Gasteiger partial charge on any atom is 0.573 e. The molecule has 1 aliphatic heterocycles. The molecule has 0 atom stereocenters. The Labute approximate surface area is 154 Å². The monoisotopic (exact) mass is 380 g/mol. The molecule has 0 unspecified atom stereocenters. The van der Waals surface area contributed by atoms with Crippen LogP contribution in [0.1, 0.15) is 28.8 Å². The van der Waals surface area contributed by atoms with Crippen LogP contribution in [0.15, 0.2) is 36.4 Å². The van der Waals surface area contributed by atoms with Gasteiger partial charge in [0.05, 0.1) is 12.8 Å². The van der Waals surface area contributed by atoms with Crippen molar-refractivity contribution in [3.8, 4) is 11.5 Å². The number of amides is 1. The van der Waals surface area contributed by atoms with Crippen LogP contribution in [0.4, 0.5) is 24.5 Å². The van der Waals surface area contributed by atoms with E-state index in [9.17, 15) is 18.0 Å². The number of hydrogen-bond acceptors (Lipinski definition) is 4. The fourth-order valence-corrected chi connectivity index (χ4v) is 2.93. The SMILES string of the molecule is COc1cc2c(cc1NC(=O)c1ccc(OC(F)(F)F)cc1)CCCCN2. The molecule has 27 heavy (non-hydrogen) atoms. The highest BCUT2D eigenvalue weighted by Gasteiger charge is 2.31. The van der Waals surface area contributed by atoms with Crippen molar-refractivity contribution in [1.82, 2.24) is 0 Å². The first-order valence-electron chi connectivity index (χ1n) is 8.47. The fraction of sp³-hybridized carbons (Fsp3) is 0.316. The molecule has 2 N–H and O–H groups in total. The molecule has 8 heteroatoms. The average Bonchev–Trinajstić information content (AvgIpc) is 2.85. The highest BCUT2D eigenvalue weighted by molar-refractivity contribution is 6.05. The first-order chi connectivity index (χ1) is 12.9. The highest BCUT2D eigenvalue weighted by Crippen LogP contribution is 2.34. The van der Waals surface area contributed by atoms with E-state index in [0.717, 1.165) is 49.2 Å². The van der Waals surface area contributed by atoms with Gasteiger partial charge in [-0.3, -0.25) is 4.79 Å². The second kappa shape index (κ2) is 7.77. The Hall–Kier alpha value is -2.90. The number of alkyl halides is 3. The van der Waals surface area contributed by atoms with Crippen LogP contribution in [-0.4, -0.2) is 25.9 Å². The van der Waals surface area contributed by atoms with Crippen LogP contribution in [-0.2, 0) is 6.42 Å². The molecule has 1 amide bonds. The second-order valence-electron chi connectivity index (χ2n) is 6.12. The molecule has 2 aromatic rings. The number of fused-ring (bicyclic) bond motifs is 1. The third-order valence-electron chi connectivity index (χ3n) is 4.21. The van der Waals surface area contributed by atoms with E-state index in [1.54, 1.807) is 0 Å². The number of carbonyl (C=O) groups excluding carboxylic acids is 1. The van der Waals surface area contributed by atoms with Gasteiger partial charge in [-0.15, -0.1) is 13.2 Å². The summed E-state index contributed by atoms with van der Waals surface area (Å²) in [5, 5.41) is 6.10. The van der Waals surface area contributed by atoms with Gasteiger partial charge in [0.2, 0.25) is 0 Å². The number of anilines is 2. The minimum absolute atomic E-state index is 0.208. The van der Waals surface area contributed by atoms with Crippen molar-refractivity contribution in [3.05, 3.63) is 47.5 Å². The summed E-state index contributed by atoms with van der Waals surface area (Å²) < 4.78 is 45.8. The van der Waals surface area contributed by atoms with Gasteiger partial charge >= 0.3 is 6.36 Å². The molecule has 0 radical (unpaired) electrons. The smallest absolute Gasteiger partial charge is 0.494 e. The second-order valence-corrected chi connectivity index (χ2v) is 6.12. The van der Waals surface area contributed by atoms with Crippen molar-refractivity contribution in [2.45, 2.75) is 25.6 Å². The third-order valence-corrected chi connectivity index (χ3v) is 4.21. The Morgan fingerprint density at radius 1 is 1.15 bits per heavy atom. The molecule has 2 aromatic carbocycles. The number of halogens is 3. The molecular weight excluding hydrogens is 361 g/mol. The molecule has 0 saturated heterocycles. The van der Waals surface area contributed by atoms with Crippen molar-refractivity contribution >= 4 is 17.3 Å². The average molecular weight is 380 g/mol. The summed E-state index contributed by atoms with van der Waals surface area (Å²) in [5.41, 5.74) is 2.79. The summed E-state index contributed by atoms with van der Waals surface area (Å²) in [5.74, 6) is -0.324. The zero-order chi connectivity index (χ0) is 19.4. The minimum atomic E-state index is -4.77. The number of ether oxygens (including phenoxy) is 2. The van der Waals surface area contributed by atoms with Crippen molar-refractivity contribution in [2.75, 3.05) is 24.3 Å². The molecule has 0 saturated carbocycles. The predicted molar refractivity (Wildman–Crippen MR) is 95.5 cm³/mol. The molecule has 1 heterocycles. The minimum Gasteiger partial charge on any atom is -0.494 e. The molecule has 0 fully saturated rings. The van der Waals surface area contributed by atoms with Crippen LogP contribution >= 0.6 is 0 Å². The van der Waals surface area contributed by atoms with Gasteiger partial charge in [0.15, 0.2) is 0 Å². The number of methoxy groups -OCH3 is 1. The Morgan fingerprint density at radius 3 is 2.56 bits per heavy atom. The van der Waals surface area contributed by atoms with Crippen molar-refractivity contribution in [2.24, 2.45) is 0 Å². The zero-order valence-electron chi connectivity index (χ0n) is 14.7. The number of nitrogens with one attached hydrogen (secondary N) is 2. The summed E-state index contributed by atoms with van der Waals surface area (Å²) in [7, 11) is 1.51. The lowest BCUT2D eigenvalue weighted by molar-refractivity contribution is -0.274. The summed E-state index contributed by atoms with van der Waals surface area (Å²) in [6.45, 7) is 0.883. The molecule has 0 aliphatic carbocycles. The van der Waals surface area contributed by atoms with Gasteiger partial charge in [-0.05, 0) is 55.2 Å². The maximum atomic E-state index is 12.5. The van der Waals surface area contributed by atoms with E-state index in [0.29, 0.717) is 11.4 Å². The first kappa shape index (κ1) is 18.9. The van der Waals surface area contributed by atoms with Gasteiger partial charge in [-0.25, -0.2) is 0 Å². The Morgan fingerprint density at radius 2 is 1.89 bits per heavy atom. The lowest BCUT2D eigenvalue weighted by atomic mass is 10.1. The van der Waals surface area contributed by atoms with Gasteiger partial charge in [0.1, 0.15) is 11.5 Å². The largest absolute Gasteiger partial charge is 0.573 e. The van der Waals surface area contributed by atoms with Crippen molar-refractivity contribution < 1.29 is 27.4 Å². The first-order valence-corrected chi connectivity index (χ1v) is 8.47. The van der Waals surface area contributed by atoms with Crippen LogP contribution in [0.3, 0.4) is 0 Å². The summed E-state index contributed by atoms with van der Waals surface area (Å²) in [4.78, 5) is 12.5. The van der Waals surface area contributed by atoms with Crippen molar-refractivity contribution in [3.63, 3.8) is 0 Å². The van der Waals surface area contributed by atoms with E-state index in [2.05, 4.69) is 15.4 Å². The van der Waals surface area contributed by atoms with Crippen LogP contribution in [0.25, 0.3) is 0 Å². The van der Waals surface area contributed by atoms with Gasteiger partial charge in [0.25, 0.3) is 5.91 Å². The number of aryl methyl sites for hydroxylation is 1. The third kappa shape index (κ3) is 4.84. The lowest BCUT2D eigenvalue weighted by Crippen LogP contribution is -2.17. The molecule has 5 nitrogen and oxygen atoms in total. The number of benzene rings is 2.